The molecule has 0 saturated heterocycles. The number of nitrogens with one attached hydrogen (secondary N) is 2. The Morgan fingerprint density at radius 3 is 2.47 bits per heavy atom. The van der Waals surface area contributed by atoms with E-state index in [1.165, 1.54) is 0 Å². The van der Waals surface area contributed by atoms with E-state index in [9.17, 15) is 9.59 Å². The van der Waals surface area contributed by atoms with Gasteiger partial charge in [-0.2, -0.15) is 0 Å². The molecule has 0 atom stereocenters. The summed E-state index contributed by atoms with van der Waals surface area (Å²) in [6, 6.07) is 14.1. The van der Waals surface area contributed by atoms with Crippen LogP contribution in [0.5, 0.6) is 0 Å². The summed E-state index contributed by atoms with van der Waals surface area (Å²) in [5.74, 6) is 0.961. The number of amides is 1. The highest BCUT2D eigenvalue weighted by molar-refractivity contribution is 5.92. The molecule has 7 heteroatoms. The van der Waals surface area contributed by atoms with Crippen LogP contribution in [-0.4, -0.2) is 25.0 Å². The summed E-state index contributed by atoms with van der Waals surface area (Å²) >= 11 is 0. The van der Waals surface area contributed by atoms with E-state index >= 15 is 0 Å². The first-order valence-electron chi connectivity index (χ1n) is 11.8. The highest BCUT2D eigenvalue weighted by Gasteiger charge is 2.19. The number of aryl methyl sites for hydroxylation is 2. The normalized spacial score (nSPS) is 11.6. The van der Waals surface area contributed by atoms with Crippen molar-refractivity contribution in [2.75, 3.05) is 5.32 Å². The van der Waals surface area contributed by atoms with Crippen molar-refractivity contribution in [1.82, 2.24) is 19.1 Å². The lowest BCUT2D eigenvalue weighted by molar-refractivity contribution is -0.116. The zero-order valence-electron chi connectivity index (χ0n) is 20.8. The van der Waals surface area contributed by atoms with Crippen molar-refractivity contribution >= 4 is 22.9 Å². The Balaban J connectivity index is 1.84. The number of aromatic amines is 1. The topological polar surface area (TPSA) is 84.7 Å². The van der Waals surface area contributed by atoms with E-state index in [-0.39, 0.29) is 17.5 Å². The van der Waals surface area contributed by atoms with Gasteiger partial charge in [0.15, 0.2) is 0 Å². The molecule has 0 bridgehead atoms. The third-order valence-corrected chi connectivity index (χ3v) is 5.83. The summed E-state index contributed by atoms with van der Waals surface area (Å²) in [6.07, 6.45) is 0.424. The van der Waals surface area contributed by atoms with Gasteiger partial charge in [-0.05, 0) is 37.0 Å². The smallest absolute Gasteiger partial charge is 0.323 e. The summed E-state index contributed by atoms with van der Waals surface area (Å²) in [5, 5.41) is 2.91. The summed E-state index contributed by atoms with van der Waals surface area (Å²) in [6.45, 7) is 10.9. The molecule has 2 N–H and O–H groups in total. The first-order chi connectivity index (χ1) is 16.1. The highest BCUT2D eigenvalue weighted by atomic mass is 16.2. The van der Waals surface area contributed by atoms with Crippen LogP contribution < -0.4 is 11.0 Å². The molecule has 1 amide bonds. The molecule has 4 aromatic rings. The predicted octanol–water partition coefficient (Wildman–Crippen LogP) is 5.35. The number of carbonyl (C=O) groups is 1. The molecule has 0 saturated carbocycles. The van der Waals surface area contributed by atoms with E-state index < -0.39 is 0 Å². The van der Waals surface area contributed by atoms with Crippen molar-refractivity contribution in [3.8, 4) is 22.5 Å². The molecule has 4 rings (SSSR count). The molecular formula is C27H33N5O2. The van der Waals surface area contributed by atoms with Crippen molar-refractivity contribution < 1.29 is 4.79 Å². The second-order valence-electron chi connectivity index (χ2n) is 9.87. The first kappa shape index (κ1) is 23.5. The van der Waals surface area contributed by atoms with Crippen molar-refractivity contribution in [2.24, 2.45) is 18.9 Å². The van der Waals surface area contributed by atoms with Gasteiger partial charge in [-0.25, -0.2) is 9.78 Å². The lowest BCUT2D eigenvalue weighted by Crippen LogP contribution is -2.24. The van der Waals surface area contributed by atoms with Gasteiger partial charge in [0.25, 0.3) is 0 Å². The Hall–Kier alpha value is -3.61. The predicted molar refractivity (Wildman–Crippen MR) is 138 cm³/mol. The van der Waals surface area contributed by atoms with Crippen molar-refractivity contribution in [3.63, 3.8) is 0 Å². The fourth-order valence-electron chi connectivity index (χ4n) is 4.30. The standard InChI is InChI=1S/C27H33N5O2/c1-16(2)12-23(33)28-26-29-24(19-9-7-8-18(5)13-19)25(30-26)20-10-11-21-22(14-20)31(6)27(34)32(21)15-17(3)4/h7-11,13-14,16-17H,12,15H2,1-6H3,(H2,28,29,30,33). The highest BCUT2D eigenvalue weighted by Crippen LogP contribution is 2.33. The molecule has 2 heterocycles. The fourth-order valence-corrected chi connectivity index (χ4v) is 4.30. The number of rotatable bonds is 7. The van der Waals surface area contributed by atoms with E-state index in [0.29, 0.717) is 24.8 Å². The fraction of sp³-hybridized carbons (Fsp3) is 0.370. The Bertz CT molecular complexity index is 1400. The molecule has 2 aromatic carbocycles. The number of nitrogens with zero attached hydrogens (tertiary/aromatic N) is 3. The maximum Gasteiger partial charge on any atom is 0.328 e. The number of aromatic nitrogens is 4. The maximum absolute atomic E-state index is 12.9. The van der Waals surface area contributed by atoms with E-state index in [1.807, 2.05) is 61.7 Å². The number of hydrogen-bond acceptors (Lipinski definition) is 3. The maximum atomic E-state index is 12.9. The minimum Gasteiger partial charge on any atom is -0.323 e. The lowest BCUT2D eigenvalue weighted by Gasteiger charge is -2.07. The van der Waals surface area contributed by atoms with Crippen LogP contribution in [0.2, 0.25) is 0 Å². The largest absolute Gasteiger partial charge is 0.328 e. The molecule has 0 fully saturated rings. The van der Waals surface area contributed by atoms with Gasteiger partial charge in [-0.15, -0.1) is 0 Å². The minimum absolute atomic E-state index is 0.0222. The van der Waals surface area contributed by atoms with Gasteiger partial charge < -0.3 is 4.98 Å². The Kier molecular flexibility index (Phi) is 6.46. The van der Waals surface area contributed by atoms with Crippen LogP contribution in [0.3, 0.4) is 0 Å². The van der Waals surface area contributed by atoms with Crippen LogP contribution in [0, 0.1) is 18.8 Å². The number of carbonyl (C=O) groups excluding carboxylic acids is 1. The number of fused-ring (bicyclic) bond motifs is 1. The molecule has 0 spiro atoms. The quantitative estimate of drug-likeness (QED) is 0.391. The zero-order valence-corrected chi connectivity index (χ0v) is 20.8. The van der Waals surface area contributed by atoms with E-state index in [4.69, 9.17) is 4.98 Å². The second-order valence-corrected chi connectivity index (χ2v) is 9.87. The van der Waals surface area contributed by atoms with Crippen LogP contribution >= 0.6 is 0 Å². The van der Waals surface area contributed by atoms with E-state index in [1.54, 1.807) is 11.6 Å². The summed E-state index contributed by atoms with van der Waals surface area (Å²) in [5.41, 5.74) is 6.29. The number of benzene rings is 2. The van der Waals surface area contributed by atoms with Gasteiger partial charge in [0.1, 0.15) is 0 Å². The molecule has 0 aliphatic carbocycles. The molecule has 0 unspecified atom stereocenters. The zero-order chi connectivity index (χ0) is 24.6. The monoisotopic (exact) mass is 459 g/mol. The van der Waals surface area contributed by atoms with Gasteiger partial charge in [-0.1, -0.05) is 57.5 Å². The number of H-pyrrole nitrogens is 1. The van der Waals surface area contributed by atoms with Crippen molar-refractivity contribution in [3.05, 3.63) is 58.5 Å². The first-order valence-corrected chi connectivity index (χ1v) is 11.8. The third kappa shape index (κ3) is 4.69. The molecular weight excluding hydrogens is 426 g/mol. The number of hydrogen-bond donors (Lipinski definition) is 2. The lowest BCUT2D eigenvalue weighted by atomic mass is 10.0. The van der Waals surface area contributed by atoms with Crippen molar-refractivity contribution in [1.29, 1.82) is 0 Å². The van der Waals surface area contributed by atoms with Crippen LogP contribution in [0.4, 0.5) is 5.95 Å². The molecule has 34 heavy (non-hydrogen) atoms. The summed E-state index contributed by atoms with van der Waals surface area (Å²) in [7, 11) is 1.80. The molecule has 2 aromatic heterocycles. The Labute approximate surface area is 199 Å². The van der Waals surface area contributed by atoms with Crippen LogP contribution in [0.15, 0.2) is 47.3 Å². The van der Waals surface area contributed by atoms with Gasteiger partial charge in [0.05, 0.1) is 22.4 Å². The van der Waals surface area contributed by atoms with Gasteiger partial charge >= 0.3 is 5.69 Å². The minimum atomic E-state index is -0.0743. The summed E-state index contributed by atoms with van der Waals surface area (Å²) < 4.78 is 3.52. The Morgan fingerprint density at radius 1 is 1.03 bits per heavy atom. The summed E-state index contributed by atoms with van der Waals surface area (Å²) in [4.78, 5) is 33.3. The SMILES string of the molecule is Cc1cccc(-c2nc(NC(=O)CC(C)C)[nH]c2-c2ccc3c(c2)n(C)c(=O)n3CC(C)C)c1. The Morgan fingerprint density at radius 2 is 1.79 bits per heavy atom. The van der Waals surface area contributed by atoms with Gasteiger partial charge in [-0.3, -0.25) is 19.2 Å². The van der Waals surface area contributed by atoms with Crippen LogP contribution in [-0.2, 0) is 18.4 Å². The second kappa shape index (κ2) is 9.33. The molecule has 178 valence electrons. The molecule has 0 aliphatic heterocycles. The van der Waals surface area contributed by atoms with Crippen molar-refractivity contribution in [2.45, 2.75) is 47.6 Å². The van der Waals surface area contributed by atoms with Gasteiger partial charge in [0, 0.05) is 31.1 Å². The molecule has 0 aliphatic rings. The van der Waals surface area contributed by atoms with Gasteiger partial charge in [0.2, 0.25) is 11.9 Å². The van der Waals surface area contributed by atoms with Crippen LogP contribution in [0.1, 0.15) is 39.7 Å². The van der Waals surface area contributed by atoms with E-state index in [2.05, 4.69) is 30.2 Å². The third-order valence-electron chi connectivity index (χ3n) is 5.83. The number of imidazole rings is 2. The average molecular weight is 460 g/mol. The molecule has 0 radical (unpaired) electrons. The number of anilines is 1. The van der Waals surface area contributed by atoms with E-state index in [0.717, 1.165) is 39.1 Å². The van der Waals surface area contributed by atoms with Crippen LogP contribution in [0.25, 0.3) is 33.5 Å². The average Bonchev–Trinajstić information content (AvgIpc) is 3.28. The molecule has 7 nitrogen and oxygen atoms in total.